The number of hydrogen-bond acceptors (Lipinski definition) is 4. The van der Waals surface area contributed by atoms with E-state index >= 15 is 0 Å². The van der Waals surface area contributed by atoms with Gasteiger partial charge < -0.3 is 9.67 Å². The van der Waals surface area contributed by atoms with E-state index in [4.69, 9.17) is 0 Å². The van der Waals surface area contributed by atoms with E-state index in [9.17, 15) is 13.5 Å². The van der Waals surface area contributed by atoms with Crippen molar-refractivity contribution in [3.8, 4) is 0 Å². The van der Waals surface area contributed by atoms with E-state index in [0.717, 1.165) is 11.3 Å². The van der Waals surface area contributed by atoms with E-state index in [1.54, 1.807) is 41.4 Å². The first-order valence-corrected chi connectivity index (χ1v) is 7.69. The molecule has 0 aliphatic heterocycles. The number of hydrogen-bond donors (Lipinski definition) is 2. The molecule has 5 nitrogen and oxygen atoms in total. The molecule has 0 amide bonds. The molecule has 0 spiro atoms. The van der Waals surface area contributed by atoms with Crippen molar-refractivity contribution in [3.05, 3.63) is 41.5 Å². The summed E-state index contributed by atoms with van der Waals surface area (Å²) < 4.78 is 28.1. The maximum Gasteiger partial charge on any atom is 0.250 e. The lowest BCUT2D eigenvalue weighted by molar-refractivity contribution is 0.173. The molecule has 0 aliphatic rings. The van der Waals surface area contributed by atoms with Crippen LogP contribution in [0.3, 0.4) is 0 Å². The average Bonchev–Trinajstić information content (AvgIpc) is 2.96. The monoisotopic (exact) mass is 286 g/mol. The van der Waals surface area contributed by atoms with E-state index in [0.29, 0.717) is 5.69 Å². The fourth-order valence-corrected chi connectivity index (χ4v) is 3.68. The Morgan fingerprint density at radius 2 is 2.22 bits per heavy atom. The van der Waals surface area contributed by atoms with Gasteiger partial charge in [0.05, 0.1) is 0 Å². The summed E-state index contributed by atoms with van der Waals surface area (Å²) in [5.41, 5.74) is 0.670. The van der Waals surface area contributed by atoms with Crippen molar-refractivity contribution in [1.29, 1.82) is 0 Å². The second-order valence-electron chi connectivity index (χ2n) is 3.84. The Morgan fingerprint density at radius 3 is 2.78 bits per heavy atom. The lowest BCUT2D eigenvalue weighted by Crippen LogP contribution is -2.28. The maximum absolute atomic E-state index is 11.8. The molecule has 2 aromatic rings. The van der Waals surface area contributed by atoms with Gasteiger partial charge in [-0.3, -0.25) is 0 Å². The van der Waals surface area contributed by atoms with Gasteiger partial charge in [-0.2, -0.15) is 0 Å². The zero-order valence-corrected chi connectivity index (χ0v) is 11.4. The molecule has 0 aliphatic carbocycles. The number of sulfonamides is 1. The van der Waals surface area contributed by atoms with Gasteiger partial charge in [0.2, 0.25) is 10.0 Å². The molecular formula is C11H14N2O3S2. The third kappa shape index (κ3) is 2.81. The van der Waals surface area contributed by atoms with Crippen molar-refractivity contribution in [2.75, 3.05) is 6.54 Å². The highest BCUT2D eigenvalue weighted by molar-refractivity contribution is 7.91. The van der Waals surface area contributed by atoms with E-state index in [2.05, 4.69) is 4.72 Å². The van der Waals surface area contributed by atoms with Gasteiger partial charge in [0.25, 0.3) is 0 Å². The molecule has 0 fully saturated rings. The van der Waals surface area contributed by atoms with Gasteiger partial charge in [-0.1, -0.05) is 6.07 Å². The smallest absolute Gasteiger partial charge is 0.250 e. The summed E-state index contributed by atoms with van der Waals surface area (Å²) in [6.07, 6.45) is 0.937. The minimum absolute atomic E-state index is 0.0436. The Bertz CT molecular complexity index is 602. The van der Waals surface area contributed by atoms with Crippen molar-refractivity contribution in [2.24, 2.45) is 7.05 Å². The normalized spacial score (nSPS) is 13.7. The molecule has 0 unspecified atom stereocenters. The first kappa shape index (κ1) is 13.3. The zero-order valence-electron chi connectivity index (χ0n) is 9.78. The van der Waals surface area contributed by atoms with Crippen LogP contribution in [0.15, 0.2) is 40.1 Å². The SMILES string of the molecule is Cn1cccc1[C@H](O)CNS(=O)(=O)c1cccs1. The molecule has 1 atom stereocenters. The van der Waals surface area contributed by atoms with Crippen LogP contribution in [0.25, 0.3) is 0 Å². The van der Waals surface area contributed by atoms with Gasteiger partial charge >= 0.3 is 0 Å². The molecule has 98 valence electrons. The zero-order chi connectivity index (χ0) is 13.2. The lowest BCUT2D eigenvalue weighted by atomic mass is 10.2. The van der Waals surface area contributed by atoms with Crippen LogP contribution in [0.5, 0.6) is 0 Å². The molecule has 2 rings (SSSR count). The fourth-order valence-electron chi connectivity index (χ4n) is 1.60. The predicted octanol–water partition coefficient (Wildman–Crippen LogP) is 1.10. The Morgan fingerprint density at radius 1 is 1.44 bits per heavy atom. The topological polar surface area (TPSA) is 71.3 Å². The minimum Gasteiger partial charge on any atom is -0.386 e. The van der Waals surface area contributed by atoms with Gasteiger partial charge in [0, 0.05) is 25.5 Å². The minimum atomic E-state index is -3.52. The summed E-state index contributed by atoms with van der Waals surface area (Å²) in [7, 11) is -1.72. The second-order valence-corrected chi connectivity index (χ2v) is 6.79. The quantitative estimate of drug-likeness (QED) is 0.864. The molecule has 0 saturated carbocycles. The molecule has 2 heterocycles. The van der Waals surface area contributed by atoms with Crippen LogP contribution in [0.4, 0.5) is 0 Å². The predicted molar refractivity (Wildman–Crippen MR) is 69.9 cm³/mol. The Balaban J connectivity index is 2.03. The third-order valence-corrected chi connectivity index (χ3v) is 5.37. The van der Waals surface area contributed by atoms with E-state index < -0.39 is 16.1 Å². The maximum atomic E-state index is 11.8. The summed E-state index contributed by atoms with van der Waals surface area (Å²) in [4.78, 5) is 0. The van der Waals surface area contributed by atoms with Gasteiger partial charge in [-0.25, -0.2) is 13.1 Å². The van der Waals surface area contributed by atoms with Crippen LogP contribution in [0.1, 0.15) is 11.8 Å². The number of aromatic nitrogens is 1. The van der Waals surface area contributed by atoms with Gasteiger partial charge in [-0.05, 0) is 23.6 Å². The molecule has 0 aromatic carbocycles. The summed E-state index contributed by atoms with van der Waals surface area (Å²) in [6.45, 7) is -0.0436. The van der Waals surface area contributed by atoms with Crippen LogP contribution in [-0.2, 0) is 17.1 Å². The molecular weight excluding hydrogens is 272 g/mol. The number of aryl methyl sites for hydroxylation is 1. The van der Waals surface area contributed by atoms with Gasteiger partial charge in [0.15, 0.2) is 0 Å². The number of aliphatic hydroxyl groups is 1. The largest absolute Gasteiger partial charge is 0.386 e. The molecule has 2 aromatic heterocycles. The van der Waals surface area contributed by atoms with Crippen molar-refractivity contribution in [1.82, 2.24) is 9.29 Å². The number of nitrogens with zero attached hydrogens (tertiary/aromatic N) is 1. The van der Waals surface area contributed by atoms with Crippen molar-refractivity contribution >= 4 is 21.4 Å². The Labute approximate surface area is 110 Å². The summed E-state index contributed by atoms with van der Waals surface area (Å²) >= 11 is 1.14. The second kappa shape index (κ2) is 5.23. The highest BCUT2D eigenvalue weighted by Crippen LogP contribution is 2.17. The molecule has 0 saturated heterocycles. The average molecular weight is 286 g/mol. The van der Waals surface area contributed by atoms with Gasteiger partial charge in [-0.15, -0.1) is 11.3 Å². The summed E-state index contributed by atoms with van der Waals surface area (Å²) in [6, 6.07) is 6.76. The summed E-state index contributed by atoms with van der Waals surface area (Å²) in [5, 5.41) is 11.6. The van der Waals surface area contributed by atoms with E-state index in [1.165, 1.54) is 6.07 Å². The molecule has 2 N–H and O–H groups in total. The van der Waals surface area contributed by atoms with Crippen molar-refractivity contribution < 1.29 is 13.5 Å². The third-order valence-electron chi connectivity index (χ3n) is 2.55. The van der Waals surface area contributed by atoms with Crippen molar-refractivity contribution in [3.63, 3.8) is 0 Å². The van der Waals surface area contributed by atoms with Crippen LogP contribution >= 0.6 is 11.3 Å². The molecule has 18 heavy (non-hydrogen) atoms. The number of aliphatic hydroxyl groups excluding tert-OH is 1. The first-order chi connectivity index (χ1) is 8.50. The highest BCUT2D eigenvalue weighted by Gasteiger charge is 2.18. The van der Waals surface area contributed by atoms with E-state index in [-0.39, 0.29) is 10.8 Å². The van der Waals surface area contributed by atoms with E-state index in [1.807, 2.05) is 0 Å². The van der Waals surface area contributed by atoms with Crippen molar-refractivity contribution in [2.45, 2.75) is 10.3 Å². The Hall–Kier alpha value is -1.15. The van der Waals surface area contributed by atoms with Crippen LogP contribution < -0.4 is 4.72 Å². The Kier molecular flexibility index (Phi) is 3.86. The molecule has 0 bridgehead atoms. The number of rotatable bonds is 5. The summed E-state index contributed by atoms with van der Waals surface area (Å²) in [5.74, 6) is 0. The number of thiophene rings is 1. The standard InChI is InChI=1S/C11H14N2O3S2/c1-13-6-2-4-9(13)10(14)8-12-18(15,16)11-5-3-7-17-11/h2-7,10,12,14H,8H2,1H3/t10-/m1/s1. The lowest BCUT2D eigenvalue weighted by Gasteiger charge is -2.12. The fraction of sp³-hybridized carbons (Fsp3) is 0.273. The van der Waals surface area contributed by atoms with Gasteiger partial charge in [0.1, 0.15) is 10.3 Å². The first-order valence-electron chi connectivity index (χ1n) is 5.33. The number of nitrogens with one attached hydrogen (secondary N) is 1. The van der Waals surface area contributed by atoms with Crippen LogP contribution in [0, 0.1) is 0 Å². The molecule has 7 heteroatoms. The van der Waals surface area contributed by atoms with Crippen LogP contribution in [0.2, 0.25) is 0 Å². The molecule has 0 radical (unpaired) electrons. The highest BCUT2D eigenvalue weighted by atomic mass is 32.2. The van der Waals surface area contributed by atoms with Crippen LogP contribution in [-0.4, -0.2) is 24.6 Å².